The Morgan fingerprint density at radius 2 is 1.45 bits per heavy atom. The quantitative estimate of drug-likeness (QED) is 0.116. The zero-order chi connectivity index (χ0) is 33.1. The van der Waals surface area contributed by atoms with Crippen LogP contribution in [-0.2, 0) is 0 Å². The first-order valence-corrected chi connectivity index (χ1v) is 15.0. The lowest BCUT2D eigenvalue weighted by Crippen LogP contribution is -2.49. The van der Waals surface area contributed by atoms with Gasteiger partial charge in [-0.05, 0) is 97.3 Å². The first-order chi connectivity index (χ1) is 20.4. The number of carbonyl (C=O) groups is 2. The highest BCUT2D eigenvalue weighted by Gasteiger charge is 2.51. The normalized spacial score (nSPS) is 18.8. The maximum Gasteiger partial charge on any atom is 0.207 e. The molecule has 2 aromatic carbocycles. The maximum absolute atomic E-state index is 13.6. The van der Waals surface area contributed by atoms with Gasteiger partial charge in [0.15, 0.2) is 5.60 Å². The van der Waals surface area contributed by atoms with E-state index in [1.54, 1.807) is 26.8 Å². The Bertz CT molecular complexity index is 1540. The van der Waals surface area contributed by atoms with Crippen molar-refractivity contribution in [2.24, 2.45) is 0 Å². The second-order valence-electron chi connectivity index (χ2n) is 12.7. The molecular weight excluding hydrogens is 564 g/mol. The van der Waals surface area contributed by atoms with Crippen LogP contribution in [0.3, 0.4) is 0 Å². The van der Waals surface area contributed by atoms with Crippen molar-refractivity contribution in [1.82, 2.24) is 0 Å². The molecule has 9 heteroatoms. The van der Waals surface area contributed by atoms with E-state index in [-0.39, 0.29) is 46.2 Å². The van der Waals surface area contributed by atoms with E-state index in [0.29, 0.717) is 37.7 Å². The summed E-state index contributed by atoms with van der Waals surface area (Å²) in [5.41, 5.74) is -1.06. The van der Waals surface area contributed by atoms with E-state index in [4.69, 9.17) is 0 Å². The SMILES string of the molecule is C/C(=C\CC/C(C)=C/C[C@]1(O)C(=O)c2c(O)cc(C)c3c(O)c(C)c(O)c(c23)C1=O)CC/C=C(\CO)CC[C@@H](O)C(C)(C)O. The Balaban J connectivity index is 1.68. The number of phenolic OH excluding ortho intramolecular Hbond substituents is 3. The molecule has 2 atom stereocenters. The van der Waals surface area contributed by atoms with E-state index in [0.717, 1.165) is 23.1 Å². The Morgan fingerprint density at radius 3 is 2.05 bits per heavy atom. The van der Waals surface area contributed by atoms with Gasteiger partial charge in [0.2, 0.25) is 11.6 Å². The fourth-order valence-electron chi connectivity index (χ4n) is 5.61. The summed E-state index contributed by atoms with van der Waals surface area (Å²) in [7, 11) is 0. The second kappa shape index (κ2) is 13.6. The predicted molar refractivity (Wildman–Crippen MR) is 169 cm³/mol. The highest BCUT2D eigenvalue weighted by Crippen LogP contribution is 2.49. The van der Waals surface area contributed by atoms with Crippen LogP contribution in [0.2, 0.25) is 0 Å². The number of allylic oxidation sites excluding steroid dienone is 4. The molecule has 0 heterocycles. The van der Waals surface area contributed by atoms with Crippen molar-refractivity contribution in [2.45, 2.75) is 104 Å². The van der Waals surface area contributed by atoms with Gasteiger partial charge in [-0.25, -0.2) is 0 Å². The zero-order valence-corrected chi connectivity index (χ0v) is 26.5. The van der Waals surface area contributed by atoms with E-state index in [1.807, 2.05) is 19.9 Å². The van der Waals surface area contributed by atoms with Gasteiger partial charge in [0.05, 0.1) is 29.4 Å². The van der Waals surface area contributed by atoms with Gasteiger partial charge in [-0.1, -0.05) is 29.4 Å². The van der Waals surface area contributed by atoms with Gasteiger partial charge in [-0.15, -0.1) is 0 Å². The van der Waals surface area contributed by atoms with Gasteiger partial charge < -0.3 is 35.7 Å². The van der Waals surface area contributed by atoms with E-state index in [2.05, 4.69) is 6.08 Å². The van der Waals surface area contributed by atoms with Crippen molar-refractivity contribution in [3.8, 4) is 17.2 Å². The van der Waals surface area contributed by atoms with Crippen LogP contribution in [-0.4, -0.2) is 71.2 Å². The standard InChI is InChI=1S/C35H46O9/c1-19(11-8-12-23(18-36)13-14-25(38)34(5,6)43)9-7-10-20(2)15-16-35(44)32(41)27-24(37)17-21(3)26-28(27)29(33(35)42)31(40)22(4)30(26)39/h9,12,15,17,25,36-40,43-44H,7-8,10-11,13-14,16,18H2,1-6H3/b19-9+,20-15+,23-12-/t25-,35+/m1/s1. The molecule has 0 spiro atoms. The number of aryl methyl sites for hydroxylation is 1. The van der Waals surface area contributed by atoms with E-state index >= 15 is 0 Å². The Labute approximate surface area is 258 Å². The van der Waals surface area contributed by atoms with Gasteiger partial charge in [-0.3, -0.25) is 9.59 Å². The number of ketones is 2. The molecule has 0 saturated carbocycles. The van der Waals surface area contributed by atoms with Gasteiger partial charge in [0.1, 0.15) is 17.2 Å². The highest BCUT2D eigenvalue weighted by molar-refractivity contribution is 6.36. The molecule has 3 rings (SSSR count). The summed E-state index contributed by atoms with van der Waals surface area (Å²) in [6, 6.07) is 1.30. The third kappa shape index (κ3) is 7.07. The fraction of sp³-hybridized carbons (Fsp3) is 0.486. The highest BCUT2D eigenvalue weighted by atomic mass is 16.3. The van der Waals surface area contributed by atoms with Crippen LogP contribution >= 0.6 is 0 Å². The van der Waals surface area contributed by atoms with Crippen LogP contribution in [0.4, 0.5) is 0 Å². The molecule has 0 aromatic heterocycles. The van der Waals surface area contributed by atoms with Crippen molar-refractivity contribution >= 4 is 22.3 Å². The molecule has 0 fully saturated rings. The first-order valence-electron chi connectivity index (χ1n) is 15.0. The minimum atomic E-state index is -2.53. The number of aliphatic hydroxyl groups is 4. The third-order valence-corrected chi connectivity index (χ3v) is 8.65. The summed E-state index contributed by atoms with van der Waals surface area (Å²) < 4.78 is 0. The number of phenols is 3. The zero-order valence-electron chi connectivity index (χ0n) is 26.5. The van der Waals surface area contributed by atoms with Crippen molar-refractivity contribution in [3.63, 3.8) is 0 Å². The van der Waals surface area contributed by atoms with Crippen LogP contribution in [0.5, 0.6) is 17.2 Å². The number of benzene rings is 2. The minimum absolute atomic E-state index is 0.0405. The molecule has 9 nitrogen and oxygen atoms in total. The van der Waals surface area contributed by atoms with Crippen LogP contribution in [0.15, 0.2) is 41.0 Å². The largest absolute Gasteiger partial charge is 0.507 e. The number of rotatable bonds is 13. The molecule has 2 aromatic rings. The van der Waals surface area contributed by atoms with Gasteiger partial charge in [0, 0.05) is 22.8 Å². The fourth-order valence-corrected chi connectivity index (χ4v) is 5.61. The topological polar surface area (TPSA) is 176 Å². The van der Waals surface area contributed by atoms with Crippen molar-refractivity contribution < 1.29 is 45.3 Å². The number of hydrogen-bond donors (Lipinski definition) is 7. The minimum Gasteiger partial charge on any atom is -0.507 e. The molecule has 1 aliphatic carbocycles. The van der Waals surface area contributed by atoms with Crippen LogP contribution in [0, 0.1) is 13.8 Å². The average molecular weight is 611 g/mol. The van der Waals surface area contributed by atoms with Crippen LogP contribution < -0.4 is 0 Å². The molecule has 0 amide bonds. The molecule has 0 unspecified atom stereocenters. The lowest BCUT2D eigenvalue weighted by atomic mass is 9.73. The molecule has 240 valence electrons. The number of Topliss-reactive ketones (excluding diaryl/α,β-unsaturated/α-hetero) is 2. The smallest absolute Gasteiger partial charge is 0.207 e. The Kier molecular flexibility index (Phi) is 10.9. The summed E-state index contributed by atoms with van der Waals surface area (Å²) in [4.78, 5) is 27.1. The van der Waals surface area contributed by atoms with Crippen molar-refractivity contribution in [1.29, 1.82) is 0 Å². The van der Waals surface area contributed by atoms with Gasteiger partial charge in [0.25, 0.3) is 0 Å². The molecule has 7 N–H and O–H groups in total. The Morgan fingerprint density at radius 1 is 0.886 bits per heavy atom. The monoisotopic (exact) mass is 610 g/mol. The van der Waals surface area contributed by atoms with E-state index in [9.17, 15) is 45.3 Å². The number of aromatic hydroxyl groups is 3. The third-order valence-electron chi connectivity index (χ3n) is 8.65. The number of hydrogen-bond acceptors (Lipinski definition) is 9. The predicted octanol–water partition coefficient (Wildman–Crippen LogP) is 5.36. The molecular formula is C35H46O9. The summed E-state index contributed by atoms with van der Waals surface area (Å²) in [5.74, 6) is -3.23. The Hall–Kier alpha value is -3.50. The van der Waals surface area contributed by atoms with Gasteiger partial charge in [-0.2, -0.15) is 0 Å². The van der Waals surface area contributed by atoms with Gasteiger partial charge >= 0.3 is 0 Å². The summed E-state index contributed by atoms with van der Waals surface area (Å²) in [6.45, 7) is 9.86. The lowest BCUT2D eigenvalue weighted by Gasteiger charge is -2.32. The van der Waals surface area contributed by atoms with E-state index < -0.39 is 40.4 Å². The maximum atomic E-state index is 13.6. The average Bonchev–Trinajstić information content (AvgIpc) is 2.94. The molecule has 0 aliphatic heterocycles. The van der Waals surface area contributed by atoms with Crippen LogP contribution in [0.25, 0.3) is 10.8 Å². The lowest BCUT2D eigenvalue weighted by molar-refractivity contribution is -0.0511. The first kappa shape index (κ1) is 35.0. The summed E-state index contributed by atoms with van der Waals surface area (Å²) in [5, 5.41) is 73.2. The second-order valence-corrected chi connectivity index (χ2v) is 12.7. The molecule has 0 saturated heterocycles. The van der Waals surface area contributed by atoms with E-state index in [1.165, 1.54) is 13.0 Å². The van der Waals surface area contributed by atoms with Crippen LogP contribution in [0.1, 0.15) is 104 Å². The number of aliphatic hydroxyl groups excluding tert-OH is 2. The van der Waals surface area contributed by atoms with Crippen molar-refractivity contribution in [3.05, 3.63) is 63.3 Å². The van der Waals surface area contributed by atoms with Crippen molar-refractivity contribution in [2.75, 3.05) is 6.61 Å². The molecule has 0 bridgehead atoms. The number of carbonyl (C=O) groups excluding carboxylic acids is 2. The summed E-state index contributed by atoms with van der Waals surface area (Å²) >= 11 is 0. The molecule has 44 heavy (non-hydrogen) atoms. The molecule has 1 aliphatic rings. The summed E-state index contributed by atoms with van der Waals surface area (Å²) in [6.07, 6.45) is 8.07. The molecule has 0 radical (unpaired) electrons.